The maximum atomic E-state index is 13.6. The molecule has 1 aliphatic heterocycles. The first kappa shape index (κ1) is 82.1. The van der Waals surface area contributed by atoms with Crippen molar-refractivity contribution >= 4 is 65.0 Å². The summed E-state index contributed by atoms with van der Waals surface area (Å²) >= 11 is 0. The van der Waals surface area contributed by atoms with Crippen LogP contribution in [-0.4, -0.2) is 106 Å². The van der Waals surface area contributed by atoms with Gasteiger partial charge in [-0.25, -0.2) is 54.4 Å². The van der Waals surface area contributed by atoms with Crippen molar-refractivity contribution in [2.75, 3.05) is 36.1 Å². The van der Waals surface area contributed by atoms with Gasteiger partial charge in [0, 0.05) is 67.0 Å². The summed E-state index contributed by atoms with van der Waals surface area (Å²) in [6, 6.07) is 58.2. The Balaban J connectivity index is 0.000000153. The predicted octanol–water partition coefficient (Wildman–Crippen LogP) is 20.5. The molecule has 1 aliphatic rings. The van der Waals surface area contributed by atoms with Gasteiger partial charge in [0.05, 0.1) is 110 Å². The molecular weight excluding hydrogens is 1560 g/mol. The molecule has 0 bridgehead atoms. The molecule has 4 N–H and O–H groups in total. The van der Waals surface area contributed by atoms with Crippen LogP contribution >= 0.6 is 12.4 Å². The Kier molecular flexibility index (Phi) is 24.4. The van der Waals surface area contributed by atoms with Crippen LogP contribution in [0.3, 0.4) is 0 Å². The first-order chi connectivity index (χ1) is 56.2. The second-order valence-corrected chi connectivity index (χ2v) is 27.4. The van der Waals surface area contributed by atoms with Crippen LogP contribution in [0.5, 0.6) is 0 Å². The molecule has 9 aromatic heterocycles. The van der Waals surface area contributed by atoms with Gasteiger partial charge in [0.25, 0.3) is 5.91 Å². The van der Waals surface area contributed by atoms with E-state index >= 15 is 0 Å². The highest BCUT2D eigenvalue weighted by Crippen LogP contribution is 2.41. The van der Waals surface area contributed by atoms with Gasteiger partial charge in [-0.2, -0.15) is 39.5 Å². The Morgan fingerprint density at radius 3 is 1.05 bits per heavy atom. The molecule has 600 valence electrons. The van der Waals surface area contributed by atoms with Gasteiger partial charge in [-0.1, -0.05) is 127 Å². The van der Waals surface area contributed by atoms with E-state index in [0.29, 0.717) is 98.9 Å². The molecule has 118 heavy (non-hydrogen) atoms. The number of imidazole rings is 3. The minimum atomic E-state index is -4.54. The molecular formula is C87H72ClF9N16O5. The standard InChI is InChI=1S/C32H29F3N6O.C28H22F3N5O2.C27H20F3N5O2.ClH/c1-21(22-9-4-2-5-10-22)37-31-36-16-15-26(38-31)29-28(23-11-8-12-25(19-23)32(33,34)35)39-27-14-13-24(20-41(27)29)30(42)40-17-6-3-7-18-40;1-17(18-7-4-3-5-8-18)33-27-32-14-13-22(34-27)25-24(19-9-6-10-21(15-19)28(29,30)31)35-23-12-11-20(16-36(23)25)26(37)38-2;1-16(17-6-3-2-4-7-17)32-26-31-13-12-21(33-26)24-23(18-8-5-9-20(14-18)27(28,29)30)34-22-11-10-19(25(36)37)15-35(22)24;/h2,4-5,8-16,19-21H,3,6-7,17-18H2,1H3,(H,36,37,38);3-17H,1-2H3,(H,32,33,34);2-16H,1H3,(H,36,37)(H,31,32,33);1H/t21-;17-;16-;/m000./s1. The number of amides is 1. The van der Waals surface area contributed by atoms with Crippen LogP contribution in [0.15, 0.2) is 256 Å². The number of carbonyl (C=O) groups excluding carboxylic acids is 2. The number of carboxylic acid groups (broad SMARTS) is 1. The van der Waals surface area contributed by atoms with Gasteiger partial charge in [0.15, 0.2) is 0 Å². The van der Waals surface area contributed by atoms with E-state index in [2.05, 4.69) is 50.8 Å². The minimum Gasteiger partial charge on any atom is -0.478 e. The Bertz CT molecular complexity index is 6120. The monoisotopic (exact) mass is 1630 g/mol. The number of piperidine rings is 1. The van der Waals surface area contributed by atoms with Crippen LogP contribution in [0.25, 0.3) is 84.9 Å². The Morgan fingerprint density at radius 2 is 0.720 bits per heavy atom. The Labute approximate surface area is 674 Å². The molecule has 3 atom stereocenters. The maximum absolute atomic E-state index is 13.6. The molecule has 0 aliphatic carbocycles. The summed E-state index contributed by atoms with van der Waals surface area (Å²) in [7, 11) is 1.27. The van der Waals surface area contributed by atoms with Crippen molar-refractivity contribution in [3.05, 3.63) is 306 Å². The zero-order valence-electron chi connectivity index (χ0n) is 63.2. The third kappa shape index (κ3) is 18.6. The number of halogens is 10. The van der Waals surface area contributed by atoms with Crippen molar-refractivity contribution < 1.29 is 63.7 Å². The molecule has 0 unspecified atom stereocenters. The molecule has 31 heteroatoms. The molecule has 1 amide bonds. The lowest BCUT2D eigenvalue weighted by atomic mass is 10.0. The lowest BCUT2D eigenvalue weighted by Crippen LogP contribution is -2.35. The summed E-state index contributed by atoms with van der Waals surface area (Å²) in [5.41, 5.74) is 6.72. The highest BCUT2D eigenvalue weighted by atomic mass is 35.5. The van der Waals surface area contributed by atoms with Crippen LogP contribution in [0.2, 0.25) is 0 Å². The van der Waals surface area contributed by atoms with Crippen molar-refractivity contribution in [3.63, 3.8) is 0 Å². The molecule has 16 rings (SSSR count). The SMILES string of the molecule is COC(=O)c1ccc2nc(-c3cccc(C(F)(F)F)c3)c(-c3ccnc(N[C@@H](C)c4ccccc4)n3)n2c1.C[C@H](Nc1nccc(-c2c(-c3cccc(C(F)(F)F)c3)nc3ccc(C(=O)N4CCCCC4)cn23)n1)c1ccccc1.C[C@H](Nc1nccc(-c2c(-c3cccc(C(F)(F)F)c3)nc3ccc(C(=O)O)cn23)n1)c1ccccc1.Cl. The number of hydrogen-bond donors (Lipinski definition) is 4. The smallest absolute Gasteiger partial charge is 0.416 e. The van der Waals surface area contributed by atoms with E-state index in [-0.39, 0.29) is 70.1 Å². The normalized spacial score (nSPS) is 13.1. The molecule has 0 spiro atoms. The number of benzene rings is 6. The van der Waals surface area contributed by atoms with Crippen molar-refractivity contribution in [2.45, 2.75) is 76.7 Å². The zero-order valence-corrected chi connectivity index (χ0v) is 64.0. The highest BCUT2D eigenvalue weighted by molar-refractivity contribution is 5.95. The fraction of sp³-hybridized carbons (Fsp3) is 0.172. The van der Waals surface area contributed by atoms with Crippen LogP contribution in [0.1, 0.15) is 123 Å². The number of carbonyl (C=O) groups is 3. The first-order valence-electron chi connectivity index (χ1n) is 36.9. The fourth-order valence-corrected chi connectivity index (χ4v) is 13.5. The van der Waals surface area contributed by atoms with Crippen molar-refractivity contribution in [1.29, 1.82) is 0 Å². The second kappa shape index (κ2) is 35.1. The highest BCUT2D eigenvalue weighted by Gasteiger charge is 2.35. The molecule has 0 saturated carbocycles. The average Bonchev–Trinajstić information content (AvgIpc) is 1.61. The van der Waals surface area contributed by atoms with E-state index in [9.17, 15) is 59.0 Å². The molecule has 6 aromatic carbocycles. The number of anilines is 3. The molecule has 10 heterocycles. The Morgan fingerprint density at radius 1 is 0.398 bits per heavy atom. The number of methoxy groups -OCH3 is 1. The van der Waals surface area contributed by atoms with E-state index in [4.69, 9.17) is 14.7 Å². The fourth-order valence-electron chi connectivity index (χ4n) is 13.5. The summed E-state index contributed by atoms with van der Waals surface area (Å²) in [5, 5.41) is 19.3. The van der Waals surface area contributed by atoms with E-state index in [0.717, 1.165) is 72.4 Å². The molecule has 0 radical (unpaired) electrons. The van der Waals surface area contributed by atoms with Crippen LogP contribution in [0.4, 0.5) is 57.4 Å². The maximum Gasteiger partial charge on any atom is 0.416 e. The number of carboxylic acids is 1. The summed E-state index contributed by atoms with van der Waals surface area (Å²) in [5.74, 6) is -0.813. The van der Waals surface area contributed by atoms with Gasteiger partial charge in [0.1, 0.15) is 16.9 Å². The van der Waals surface area contributed by atoms with Crippen molar-refractivity contribution in [2.24, 2.45) is 0 Å². The van der Waals surface area contributed by atoms with Crippen molar-refractivity contribution in [3.8, 4) is 67.9 Å². The van der Waals surface area contributed by atoms with Crippen LogP contribution in [-0.2, 0) is 23.3 Å². The predicted molar refractivity (Wildman–Crippen MR) is 431 cm³/mol. The lowest BCUT2D eigenvalue weighted by molar-refractivity contribution is -0.138. The molecule has 1 saturated heterocycles. The number of nitrogens with zero attached hydrogens (tertiary/aromatic N) is 13. The number of aromatic nitrogens is 12. The number of pyridine rings is 3. The number of likely N-dealkylation sites (tertiary alicyclic amines) is 1. The number of nitrogens with one attached hydrogen (secondary N) is 3. The summed E-state index contributed by atoms with van der Waals surface area (Å²) in [4.78, 5) is 80.0. The topological polar surface area (TPSA) is 249 Å². The van der Waals surface area contributed by atoms with Gasteiger partial charge in [-0.3, -0.25) is 18.0 Å². The van der Waals surface area contributed by atoms with Crippen molar-refractivity contribution in [1.82, 2.24) is 63.0 Å². The summed E-state index contributed by atoms with van der Waals surface area (Å²) in [6.07, 6.45) is -1.26. The number of hydrogen-bond acceptors (Lipinski definition) is 16. The second-order valence-electron chi connectivity index (χ2n) is 27.4. The number of rotatable bonds is 18. The molecule has 1 fully saturated rings. The summed E-state index contributed by atoms with van der Waals surface area (Å²) < 4.78 is 132. The Hall–Kier alpha value is -13.9. The van der Waals surface area contributed by atoms with Gasteiger partial charge < -0.3 is 30.7 Å². The third-order valence-corrected chi connectivity index (χ3v) is 19.4. The number of ether oxygens (including phenoxy) is 1. The lowest BCUT2D eigenvalue weighted by Gasteiger charge is -2.26. The first-order valence-corrected chi connectivity index (χ1v) is 36.9. The number of esters is 1. The van der Waals surface area contributed by atoms with Gasteiger partial charge in [0.2, 0.25) is 17.8 Å². The van der Waals surface area contributed by atoms with Gasteiger partial charge in [-0.15, -0.1) is 12.4 Å². The van der Waals surface area contributed by atoms with Gasteiger partial charge in [-0.05, 0) is 148 Å². The number of aromatic carboxylic acids is 1. The van der Waals surface area contributed by atoms with Crippen LogP contribution in [0, 0.1) is 0 Å². The van der Waals surface area contributed by atoms with E-state index < -0.39 is 47.2 Å². The van der Waals surface area contributed by atoms with E-state index in [1.165, 1.54) is 66.5 Å². The average molecular weight is 1630 g/mol. The third-order valence-electron chi connectivity index (χ3n) is 19.4. The van der Waals surface area contributed by atoms with E-state index in [1.807, 2.05) is 117 Å². The number of fused-ring (bicyclic) bond motifs is 3. The summed E-state index contributed by atoms with van der Waals surface area (Å²) in [6.45, 7) is 7.31. The minimum absolute atomic E-state index is 0. The van der Waals surface area contributed by atoms with Gasteiger partial charge >= 0.3 is 30.5 Å². The number of alkyl halides is 9. The van der Waals surface area contributed by atoms with E-state index in [1.54, 1.807) is 82.0 Å². The quantitative estimate of drug-likeness (QED) is 0.0460. The zero-order chi connectivity index (χ0) is 82.3. The van der Waals surface area contributed by atoms with Crippen LogP contribution < -0.4 is 16.0 Å². The largest absolute Gasteiger partial charge is 0.478 e. The molecule has 21 nitrogen and oxygen atoms in total. The molecule has 15 aromatic rings.